The molecule has 33 heavy (non-hydrogen) atoms. The Labute approximate surface area is 194 Å². The highest BCUT2D eigenvalue weighted by atomic mass is 16.5. The fourth-order valence-corrected chi connectivity index (χ4v) is 4.03. The minimum atomic E-state index is -0.406. The van der Waals surface area contributed by atoms with Gasteiger partial charge in [0.1, 0.15) is 5.75 Å². The molecule has 1 N–H and O–H groups in total. The monoisotopic (exact) mass is 446 g/mol. The van der Waals surface area contributed by atoms with Crippen LogP contribution < -0.4 is 10.1 Å². The van der Waals surface area contributed by atoms with Crippen molar-refractivity contribution in [2.45, 2.75) is 46.1 Å². The predicted molar refractivity (Wildman–Crippen MR) is 128 cm³/mol. The number of hydrogen-bond donors (Lipinski definition) is 1. The quantitative estimate of drug-likeness (QED) is 0.487. The number of benzene rings is 2. The summed E-state index contributed by atoms with van der Waals surface area (Å²) in [6, 6.07) is 15.3. The maximum absolute atomic E-state index is 13.0. The van der Waals surface area contributed by atoms with Crippen LogP contribution in [0.15, 0.2) is 58.8 Å². The van der Waals surface area contributed by atoms with Crippen molar-refractivity contribution in [3.8, 4) is 17.1 Å². The van der Waals surface area contributed by atoms with E-state index in [1.165, 1.54) is 5.56 Å². The van der Waals surface area contributed by atoms with E-state index in [0.717, 1.165) is 47.4 Å². The molecule has 0 saturated heterocycles. The van der Waals surface area contributed by atoms with Crippen molar-refractivity contribution in [1.29, 1.82) is 0 Å². The van der Waals surface area contributed by atoms with Crippen molar-refractivity contribution in [2.24, 2.45) is 0 Å². The number of unbranched alkanes of at least 4 members (excludes halogenated alkanes) is 1. The summed E-state index contributed by atoms with van der Waals surface area (Å²) in [7, 11) is 1.63. The van der Waals surface area contributed by atoms with Crippen molar-refractivity contribution < 1.29 is 14.1 Å². The largest absolute Gasteiger partial charge is 0.497 e. The number of ether oxygens (including phenoxy) is 1. The molecule has 7 heteroatoms. The number of aryl methyl sites for hydroxylation is 1. The molecule has 4 rings (SSSR count). The third kappa shape index (κ3) is 4.62. The van der Waals surface area contributed by atoms with Gasteiger partial charge in [-0.3, -0.25) is 4.90 Å². The van der Waals surface area contributed by atoms with Crippen molar-refractivity contribution >= 4 is 11.6 Å². The topological polar surface area (TPSA) is 80.5 Å². The van der Waals surface area contributed by atoms with Crippen LogP contribution >= 0.6 is 0 Å². The number of hydrogen-bond acceptors (Lipinski definition) is 5. The lowest BCUT2D eigenvalue weighted by Crippen LogP contribution is -2.46. The fourth-order valence-electron chi connectivity index (χ4n) is 4.03. The Morgan fingerprint density at radius 3 is 2.45 bits per heavy atom. The van der Waals surface area contributed by atoms with Crippen molar-refractivity contribution in [3.05, 3.63) is 71.2 Å². The number of amides is 2. The Morgan fingerprint density at radius 1 is 1.09 bits per heavy atom. The van der Waals surface area contributed by atoms with Gasteiger partial charge in [-0.1, -0.05) is 61.8 Å². The Hall–Kier alpha value is -3.61. The zero-order valence-corrected chi connectivity index (χ0v) is 19.6. The molecule has 2 aromatic carbocycles. The number of rotatable bonds is 8. The van der Waals surface area contributed by atoms with Gasteiger partial charge in [0, 0.05) is 17.8 Å². The van der Waals surface area contributed by atoms with Gasteiger partial charge in [0.25, 0.3) is 5.89 Å². The second kappa shape index (κ2) is 9.90. The first kappa shape index (κ1) is 22.6. The molecule has 0 bridgehead atoms. The first-order valence-corrected chi connectivity index (χ1v) is 11.4. The minimum Gasteiger partial charge on any atom is -0.497 e. The van der Waals surface area contributed by atoms with Crippen LogP contribution in [0.2, 0.25) is 0 Å². The van der Waals surface area contributed by atoms with Crippen LogP contribution in [-0.4, -0.2) is 34.7 Å². The van der Waals surface area contributed by atoms with Crippen LogP contribution in [0.1, 0.15) is 56.7 Å². The number of carbonyl (C=O) groups is 1. The van der Waals surface area contributed by atoms with Crippen LogP contribution in [0.4, 0.5) is 4.79 Å². The molecular weight excluding hydrogens is 416 g/mol. The van der Waals surface area contributed by atoms with Crippen molar-refractivity contribution in [2.75, 3.05) is 13.7 Å². The van der Waals surface area contributed by atoms with Crippen LogP contribution in [0, 0.1) is 0 Å². The summed E-state index contributed by atoms with van der Waals surface area (Å²) in [5, 5.41) is 7.37. The van der Waals surface area contributed by atoms with E-state index in [1.54, 1.807) is 12.0 Å². The molecule has 1 atom stereocenters. The van der Waals surface area contributed by atoms with E-state index in [1.807, 2.05) is 43.3 Å². The van der Waals surface area contributed by atoms with Crippen molar-refractivity contribution in [1.82, 2.24) is 20.4 Å². The number of nitrogens with one attached hydrogen (secondary N) is 1. The van der Waals surface area contributed by atoms with Gasteiger partial charge in [0.05, 0.1) is 18.7 Å². The van der Waals surface area contributed by atoms with Crippen LogP contribution in [0.3, 0.4) is 0 Å². The molecule has 0 spiro atoms. The smallest absolute Gasteiger partial charge is 0.322 e. The normalized spacial score (nSPS) is 16.2. The number of aromatic nitrogens is 2. The lowest BCUT2D eigenvalue weighted by Gasteiger charge is -2.35. The van der Waals surface area contributed by atoms with Gasteiger partial charge in [-0.2, -0.15) is 4.98 Å². The van der Waals surface area contributed by atoms with E-state index < -0.39 is 6.04 Å². The van der Waals surface area contributed by atoms with Gasteiger partial charge in [-0.05, 0) is 43.0 Å². The maximum Gasteiger partial charge on any atom is 0.322 e. The summed E-state index contributed by atoms with van der Waals surface area (Å²) in [6.45, 7) is 6.81. The number of methoxy groups -OCH3 is 1. The highest BCUT2D eigenvalue weighted by Gasteiger charge is 2.35. The van der Waals surface area contributed by atoms with E-state index >= 15 is 0 Å². The van der Waals surface area contributed by atoms with E-state index in [4.69, 9.17) is 14.2 Å². The summed E-state index contributed by atoms with van der Waals surface area (Å²) in [5.74, 6) is 1.69. The van der Waals surface area contributed by atoms with E-state index in [2.05, 4.69) is 36.5 Å². The Balaban J connectivity index is 1.76. The van der Waals surface area contributed by atoms with Gasteiger partial charge in [0.15, 0.2) is 0 Å². The molecule has 3 aromatic rings. The molecule has 2 amide bonds. The second-order valence-corrected chi connectivity index (χ2v) is 8.13. The molecular formula is C26H30N4O3. The lowest BCUT2D eigenvalue weighted by atomic mass is 9.94. The summed E-state index contributed by atoms with van der Waals surface area (Å²) < 4.78 is 11.0. The molecule has 0 saturated carbocycles. The molecule has 1 aliphatic rings. The third-order valence-corrected chi connectivity index (χ3v) is 6.06. The SMILES string of the molecule is CCCCN1C(=O)NC(c2ccc(OC)cc2)C(c2nc(-c3ccc(CC)cc3)no2)=C1C. The van der Waals surface area contributed by atoms with Crippen LogP contribution in [0.5, 0.6) is 5.75 Å². The Kier molecular flexibility index (Phi) is 6.77. The van der Waals surface area contributed by atoms with Gasteiger partial charge in [-0.25, -0.2) is 4.79 Å². The second-order valence-electron chi connectivity index (χ2n) is 8.13. The number of urea groups is 1. The summed E-state index contributed by atoms with van der Waals surface area (Å²) >= 11 is 0. The average molecular weight is 447 g/mol. The summed E-state index contributed by atoms with van der Waals surface area (Å²) in [5.41, 5.74) is 4.69. The third-order valence-electron chi connectivity index (χ3n) is 6.06. The lowest BCUT2D eigenvalue weighted by molar-refractivity contribution is 0.204. The van der Waals surface area contributed by atoms with Crippen molar-refractivity contribution in [3.63, 3.8) is 0 Å². The van der Waals surface area contributed by atoms with Crippen LogP contribution in [-0.2, 0) is 6.42 Å². The number of nitrogens with zero attached hydrogens (tertiary/aromatic N) is 3. The zero-order chi connectivity index (χ0) is 23.4. The fraction of sp³-hybridized carbons (Fsp3) is 0.346. The summed E-state index contributed by atoms with van der Waals surface area (Å²) in [4.78, 5) is 19.5. The highest BCUT2D eigenvalue weighted by Crippen LogP contribution is 2.37. The highest BCUT2D eigenvalue weighted by molar-refractivity contribution is 5.86. The standard InChI is InChI=1S/C26H30N4O3/c1-5-7-16-30-17(3)22(23(27-26(30)31)19-12-14-21(32-4)15-13-19)25-28-24(29-33-25)20-10-8-18(6-2)9-11-20/h8-15,23H,5-7,16H2,1-4H3,(H,27,31). The van der Waals surface area contributed by atoms with E-state index in [9.17, 15) is 4.79 Å². The molecule has 0 fully saturated rings. The molecule has 0 aliphatic carbocycles. The van der Waals surface area contributed by atoms with Gasteiger partial charge in [0.2, 0.25) is 5.82 Å². The van der Waals surface area contributed by atoms with Gasteiger partial charge in [-0.15, -0.1) is 0 Å². The van der Waals surface area contributed by atoms with E-state index in [0.29, 0.717) is 18.3 Å². The van der Waals surface area contributed by atoms with Crippen LogP contribution in [0.25, 0.3) is 17.0 Å². The van der Waals surface area contributed by atoms with Gasteiger partial charge >= 0.3 is 6.03 Å². The minimum absolute atomic E-state index is 0.125. The molecule has 7 nitrogen and oxygen atoms in total. The van der Waals surface area contributed by atoms with E-state index in [-0.39, 0.29) is 6.03 Å². The molecule has 1 aliphatic heterocycles. The molecule has 1 aromatic heterocycles. The van der Waals surface area contributed by atoms with Gasteiger partial charge < -0.3 is 14.6 Å². The predicted octanol–water partition coefficient (Wildman–Crippen LogP) is 5.61. The maximum atomic E-state index is 13.0. The zero-order valence-electron chi connectivity index (χ0n) is 19.6. The molecule has 1 unspecified atom stereocenters. The average Bonchev–Trinajstić information content (AvgIpc) is 3.33. The molecule has 0 radical (unpaired) electrons. The number of allylic oxidation sites excluding steroid dienone is 1. The first-order chi connectivity index (χ1) is 16.0. The number of carbonyl (C=O) groups excluding carboxylic acids is 1. The summed E-state index contributed by atoms with van der Waals surface area (Å²) in [6.07, 6.45) is 2.87. The Morgan fingerprint density at radius 2 is 1.82 bits per heavy atom. The molecule has 2 heterocycles. The first-order valence-electron chi connectivity index (χ1n) is 11.4. The Bertz CT molecular complexity index is 1130. The molecule has 172 valence electrons.